The van der Waals surface area contributed by atoms with E-state index in [-0.39, 0.29) is 25.9 Å². The molecule has 1 heterocycles. The van der Waals surface area contributed by atoms with Crippen LogP contribution in [0.5, 0.6) is 0 Å². The number of aryl methyl sites for hydroxylation is 1. The van der Waals surface area contributed by atoms with Crippen molar-refractivity contribution < 1.29 is 62.3 Å². The second kappa shape index (κ2) is 23.7. The van der Waals surface area contributed by atoms with Crippen LogP contribution in [0.25, 0.3) is 0 Å². The van der Waals surface area contributed by atoms with E-state index in [1.165, 1.54) is 0 Å². The third-order valence-electron chi connectivity index (χ3n) is 9.83. The number of carboxylic acid groups (broad SMARTS) is 1. The molecule has 350 valence electrons. The monoisotopic (exact) mass is 917 g/mol. The maximum atomic E-state index is 12.9. The Hall–Kier alpha value is -8.12. The van der Waals surface area contributed by atoms with Crippen LogP contribution < -0.4 is 26.6 Å². The second-order valence-electron chi connectivity index (χ2n) is 15.7. The molecule has 0 aromatic heterocycles. The highest BCUT2D eigenvalue weighted by Gasteiger charge is 2.40. The molecule has 6 rings (SSSR count). The first-order chi connectivity index (χ1) is 32.3. The minimum atomic E-state index is -2.25. The summed E-state index contributed by atoms with van der Waals surface area (Å²) < 4.78 is 31.1. The van der Waals surface area contributed by atoms with Gasteiger partial charge in [0.2, 0.25) is 5.60 Å². The maximum absolute atomic E-state index is 12.9. The lowest BCUT2D eigenvalue weighted by atomic mass is 10.0. The smallest absolute Gasteiger partial charge is 0.412 e. The van der Waals surface area contributed by atoms with Crippen molar-refractivity contribution in [1.82, 2.24) is 0 Å². The minimum absolute atomic E-state index is 0.0503. The number of aliphatic carboxylic acids is 1. The standard InChI is InChI=1S/C49H51N5O13/c1-32-10-5-15-37(22-32)50-44(57)62-20-3-4-21-63-45(58)51-38-16-6-11-33(25-38)23-35-13-8-18-40(27-35)53-47(60)66-31-49(2,43(55)56)67-48(61)54-41-19-9-14-36(28-41)24-34-12-7-17-39(26-34)52-46(59)65-30-42-29-64-42/h5-19,22,25-28,42H,3-4,20-21,23-24,29-31H2,1-2H3,(H,50,57)(H,51,58)(H,52,59)(H,53,60)(H,54,61)(H,55,56). The van der Waals surface area contributed by atoms with Gasteiger partial charge in [-0.3, -0.25) is 26.6 Å². The van der Waals surface area contributed by atoms with Crippen LogP contribution in [0.2, 0.25) is 0 Å². The zero-order valence-electron chi connectivity index (χ0n) is 36.8. The number of benzene rings is 5. The number of hydrogen-bond acceptors (Lipinski definition) is 12. The van der Waals surface area contributed by atoms with Gasteiger partial charge in [-0.15, -0.1) is 0 Å². The molecule has 0 aliphatic carbocycles. The van der Waals surface area contributed by atoms with E-state index in [1.807, 2.05) is 49.4 Å². The molecular formula is C49H51N5O13. The molecule has 18 nitrogen and oxygen atoms in total. The Morgan fingerprint density at radius 1 is 0.552 bits per heavy atom. The molecule has 0 radical (unpaired) electrons. The highest BCUT2D eigenvalue weighted by atomic mass is 16.6. The fraction of sp³-hybridized carbons (Fsp3) is 0.265. The van der Waals surface area contributed by atoms with Crippen LogP contribution in [-0.4, -0.2) is 86.3 Å². The fourth-order valence-corrected chi connectivity index (χ4v) is 6.40. The highest BCUT2D eigenvalue weighted by molar-refractivity contribution is 5.90. The van der Waals surface area contributed by atoms with Gasteiger partial charge in [0.15, 0.2) is 0 Å². The third-order valence-corrected chi connectivity index (χ3v) is 9.83. The Morgan fingerprint density at radius 3 is 1.33 bits per heavy atom. The van der Waals surface area contributed by atoms with Crippen molar-refractivity contribution >= 4 is 64.9 Å². The number of nitrogens with one attached hydrogen (secondary N) is 5. The van der Waals surface area contributed by atoms with Crippen molar-refractivity contribution in [2.45, 2.75) is 51.2 Å². The summed E-state index contributed by atoms with van der Waals surface area (Å²) >= 11 is 0. The van der Waals surface area contributed by atoms with E-state index in [0.717, 1.165) is 34.7 Å². The van der Waals surface area contributed by atoms with E-state index in [0.29, 0.717) is 60.7 Å². The number of anilines is 5. The van der Waals surface area contributed by atoms with Gasteiger partial charge in [-0.25, -0.2) is 28.8 Å². The first-order valence-corrected chi connectivity index (χ1v) is 21.3. The molecule has 1 saturated heterocycles. The van der Waals surface area contributed by atoms with Gasteiger partial charge in [0.1, 0.15) is 19.3 Å². The van der Waals surface area contributed by atoms with Crippen molar-refractivity contribution in [2.24, 2.45) is 0 Å². The van der Waals surface area contributed by atoms with Gasteiger partial charge < -0.3 is 33.5 Å². The Labute approximate surface area is 386 Å². The Balaban J connectivity index is 0.906. The molecule has 5 aromatic carbocycles. The molecular weight excluding hydrogens is 867 g/mol. The number of unbranched alkanes of at least 4 members (excludes halogenated alkanes) is 1. The Bertz CT molecular complexity index is 2550. The van der Waals surface area contributed by atoms with E-state index < -0.39 is 48.6 Å². The number of carboxylic acids is 1. The molecule has 67 heavy (non-hydrogen) atoms. The molecule has 18 heteroatoms. The molecule has 5 amide bonds. The highest BCUT2D eigenvalue weighted by Crippen LogP contribution is 2.22. The summed E-state index contributed by atoms with van der Waals surface area (Å²) in [7, 11) is 0. The molecule has 5 aromatic rings. The van der Waals surface area contributed by atoms with E-state index >= 15 is 0 Å². The molecule has 0 saturated carbocycles. The lowest BCUT2D eigenvalue weighted by Crippen LogP contribution is -2.46. The molecule has 1 aliphatic rings. The molecule has 2 atom stereocenters. The average molecular weight is 918 g/mol. The molecule has 0 spiro atoms. The van der Waals surface area contributed by atoms with Crippen LogP contribution >= 0.6 is 0 Å². The summed E-state index contributed by atoms with van der Waals surface area (Å²) in [6.07, 6.45) is -2.06. The predicted octanol–water partition coefficient (Wildman–Crippen LogP) is 9.34. The summed E-state index contributed by atoms with van der Waals surface area (Å²) in [5, 5.41) is 23.1. The van der Waals surface area contributed by atoms with Gasteiger partial charge in [0, 0.05) is 28.4 Å². The number of hydrogen-bond donors (Lipinski definition) is 6. The number of ether oxygens (including phenoxy) is 6. The maximum Gasteiger partial charge on any atom is 0.412 e. The van der Waals surface area contributed by atoms with Crippen molar-refractivity contribution in [3.05, 3.63) is 149 Å². The molecule has 2 unspecified atom stereocenters. The van der Waals surface area contributed by atoms with Crippen LogP contribution in [0.1, 0.15) is 47.6 Å². The SMILES string of the molecule is Cc1cccc(NC(=O)OCCCCOC(=O)Nc2cccc(Cc3cccc(NC(=O)OCC(C)(OC(=O)Nc4cccc(Cc5cccc(NC(=O)OCC6CO6)c5)c4)C(=O)O)c3)c2)c1. The molecule has 1 fully saturated rings. The molecule has 6 N–H and O–H groups in total. The van der Waals surface area contributed by atoms with Gasteiger partial charge in [0.25, 0.3) is 0 Å². The second-order valence-corrected chi connectivity index (χ2v) is 15.7. The van der Waals surface area contributed by atoms with Crippen LogP contribution in [0, 0.1) is 6.92 Å². The van der Waals surface area contributed by atoms with Gasteiger partial charge in [-0.05, 0) is 128 Å². The first kappa shape index (κ1) is 48.3. The lowest BCUT2D eigenvalue weighted by Gasteiger charge is -2.24. The first-order valence-electron chi connectivity index (χ1n) is 21.3. The number of rotatable bonds is 20. The zero-order valence-corrected chi connectivity index (χ0v) is 36.8. The van der Waals surface area contributed by atoms with Gasteiger partial charge in [0.05, 0.1) is 19.8 Å². The van der Waals surface area contributed by atoms with Crippen molar-refractivity contribution in [2.75, 3.05) is 59.6 Å². The van der Waals surface area contributed by atoms with Crippen molar-refractivity contribution in [1.29, 1.82) is 0 Å². The summed E-state index contributed by atoms with van der Waals surface area (Å²) in [5.74, 6) is -1.54. The summed E-state index contributed by atoms with van der Waals surface area (Å²) in [4.78, 5) is 74.5. The van der Waals surface area contributed by atoms with E-state index in [9.17, 15) is 33.9 Å². The van der Waals surface area contributed by atoms with Crippen LogP contribution in [0.15, 0.2) is 121 Å². The fourth-order valence-electron chi connectivity index (χ4n) is 6.40. The third kappa shape index (κ3) is 16.7. The summed E-state index contributed by atoms with van der Waals surface area (Å²) in [6.45, 7) is 3.27. The van der Waals surface area contributed by atoms with Crippen LogP contribution in [0.4, 0.5) is 52.4 Å². The number of carbonyl (C=O) groups is 6. The van der Waals surface area contributed by atoms with Crippen LogP contribution in [-0.2, 0) is 46.1 Å². The quantitative estimate of drug-likeness (QED) is 0.0243. The predicted molar refractivity (Wildman–Crippen MR) is 248 cm³/mol. The van der Waals surface area contributed by atoms with E-state index in [4.69, 9.17) is 28.4 Å². The topological polar surface area (TPSA) is 241 Å². The van der Waals surface area contributed by atoms with Gasteiger partial charge in [-0.1, -0.05) is 60.7 Å². The van der Waals surface area contributed by atoms with Gasteiger partial charge >= 0.3 is 36.4 Å². The van der Waals surface area contributed by atoms with Crippen LogP contribution in [0.3, 0.4) is 0 Å². The lowest BCUT2D eigenvalue weighted by molar-refractivity contribution is -0.159. The molecule has 0 bridgehead atoms. The average Bonchev–Trinajstić information content (AvgIpc) is 4.12. The summed E-state index contributed by atoms with van der Waals surface area (Å²) in [6, 6.07) is 35.4. The van der Waals surface area contributed by atoms with Crippen molar-refractivity contribution in [3.63, 3.8) is 0 Å². The zero-order chi connectivity index (χ0) is 47.6. The summed E-state index contributed by atoms with van der Waals surface area (Å²) in [5.41, 5.74) is 4.44. The van der Waals surface area contributed by atoms with E-state index in [2.05, 4.69) is 26.6 Å². The normalized spacial score (nSPS) is 13.4. The van der Waals surface area contributed by atoms with Gasteiger partial charge in [-0.2, -0.15) is 0 Å². The Kier molecular flexibility index (Phi) is 17.1. The van der Waals surface area contributed by atoms with E-state index in [1.54, 1.807) is 78.9 Å². The number of carbonyl (C=O) groups excluding carboxylic acids is 5. The van der Waals surface area contributed by atoms with Crippen molar-refractivity contribution in [3.8, 4) is 0 Å². The Morgan fingerprint density at radius 2 is 0.925 bits per heavy atom. The minimum Gasteiger partial charge on any atom is -0.478 e. The number of amides is 5. The number of epoxide rings is 1. The largest absolute Gasteiger partial charge is 0.478 e. The molecule has 1 aliphatic heterocycles.